The van der Waals surface area contributed by atoms with Crippen LogP contribution in [0.5, 0.6) is 0 Å². The highest BCUT2D eigenvalue weighted by molar-refractivity contribution is 5.10. The van der Waals surface area contributed by atoms with Gasteiger partial charge in [-0.25, -0.2) is 0 Å². The molecule has 1 aliphatic carbocycles. The molecule has 0 saturated heterocycles. The molecule has 0 unspecified atom stereocenters. The molecule has 5 atom stereocenters. The quantitative estimate of drug-likeness (QED) is 0.269. The Balaban J connectivity index is 2.93. The number of hydrogen-bond acceptors (Lipinski definition) is 6. The largest absolute Gasteiger partial charge is 0.396 e. The molecule has 6 nitrogen and oxygen atoms in total. The predicted octanol–water partition coefficient (Wildman–Crippen LogP) is -3.62. The van der Waals surface area contributed by atoms with Crippen molar-refractivity contribution >= 4 is 0 Å². The van der Waals surface area contributed by atoms with Gasteiger partial charge in [-0.1, -0.05) is 0 Å². The average Bonchev–Trinajstić information content (AvgIpc) is 2.29. The fourth-order valence-corrected chi connectivity index (χ4v) is 1.79. The molecule has 0 amide bonds. The van der Waals surface area contributed by atoms with Crippen molar-refractivity contribution in [1.29, 1.82) is 0 Å². The number of rotatable bonds is 2. The van der Waals surface area contributed by atoms with Crippen molar-refractivity contribution in [3.63, 3.8) is 0 Å². The Kier molecular flexibility index (Phi) is 2.91. The van der Waals surface area contributed by atoms with Crippen LogP contribution in [0.3, 0.4) is 0 Å². The fourth-order valence-electron chi connectivity index (χ4n) is 1.79. The van der Waals surface area contributed by atoms with E-state index < -0.39 is 43.0 Å². The first kappa shape index (κ1) is 10.8. The number of aliphatic hydroxyl groups excluding tert-OH is 4. The van der Waals surface area contributed by atoms with Crippen molar-refractivity contribution in [3.05, 3.63) is 0 Å². The Bertz CT molecular complexity index is 190. The van der Waals surface area contributed by atoms with Crippen molar-refractivity contribution in [2.45, 2.75) is 23.9 Å². The molecule has 0 aromatic carbocycles. The van der Waals surface area contributed by atoms with E-state index in [1.165, 1.54) is 0 Å². The Morgan fingerprint density at radius 1 is 1.23 bits per heavy atom. The lowest BCUT2D eigenvalue weighted by atomic mass is 9.89. The summed E-state index contributed by atoms with van der Waals surface area (Å²) in [5.41, 5.74) is 3.52. The van der Waals surface area contributed by atoms with Gasteiger partial charge >= 0.3 is 0 Å². The van der Waals surface area contributed by atoms with Gasteiger partial charge in [0.1, 0.15) is 11.7 Å². The molecule has 0 aromatic rings. The molecule has 13 heavy (non-hydrogen) atoms. The van der Waals surface area contributed by atoms with Gasteiger partial charge in [0.05, 0.1) is 19.3 Å². The summed E-state index contributed by atoms with van der Waals surface area (Å²) in [4.78, 5) is 0. The lowest BCUT2D eigenvalue weighted by Crippen LogP contribution is -2.50. The molecule has 0 spiro atoms. The second kappa shape index (κ2) is 3.49. The number of nitrogens with two attached hydrogens (primary N) is 1. The van der Waals surface area contributed by atoms with E-state index in [1.54, 1.807) is 0 Å². The molecule has 0 aromatic heterocycles. The van der Waals surface area contributed by atoms with Crippen LogP contribution in [-0.4, -0.2) is 62.6 Å². The summed E-state index contributed by atoms with van der Waals surface area (Å²) in [5, 5.41) is 46.0. The molecular weight excluding hydrogens is 178 g/mol. The molecule has 0 aliphatic heterocycles. The molecule has 0 bridgehead atoms. The SMILES string of the molecule is N[C@H]1[C@H](O)[C@@H](O)[C@@](O)(CO)[C@@H]1CO. The maximum atomic E-state index is 9.67. The fraction of sp³-hybridized carbons (Fsp3) is 1.00. The summed E-state index contributed by atoms with van der Waals surface area (Å²) in [7, 11) is 0. The minimum atomic E-state index is -1.91. The summed E-state index contributed by atoms with van der Waals surface area (Å²) in [5.74, 6) is -0.914. The van der Waals surface area contributed by atoms with Crippen LogP contribution in [0, 0.1) is 5.92 Å². The van der Waals surface area contributed by atoms with Gasteiger partial charge < -0.3 is 31.3 Å². The van der Waals surface area contributed by atoms with E-state index in [2.05, 4.69) is 0 Å². The van der Waals surface area contributed by atoms with E-state index in [9.17, 15) is 15.3 Å². The van der Waals surface area contributed by atoms with Gasteiger partial charge in [0, 0.05) is 12.0 Å². The van der Waals surface area contributed by atoms with Crippen molar-refractivity contribution in [1.82, 2.24) is 0 Å². The molecule has 1 saturated carbocycles. The van der Waals surface area contributed by atoms with Crippen LogP contribution in [0.2, 0.25) is 0 Å². The van der Waals surface area contributed by atoms with Gasteiger partial charge in [-0.3, -0.25) is 0 Å². The van der Waals surface area contributed by atoms with E-state index in [0.717, 1.165) is 0 Å². The van der Waals surface area contributed by atoms with Crippen LogP contribution in [0.4, 0.5) is 0 Å². The molecule has 0 radical (unpaired) electrons. The molecule has 6 heteroatoms. The standard InChI is InChI=1S/C7H15NO5/c8-4-3(1-9)7(13,2-10)6(12)5(4)11/h3-6,9-13H,1-2,8H2/t3-,4-,5+,6-,7-/m1/s1. The molecule has 1 fully saturated rings. The zero-order valence-corrected chi connectivity index (χ0v) is 7.04. The van der Waals surface area contributed by atoms with E-state index in [0.29, 0.717) is 0 Å². The molecule has 0 heterocycles. The first-order valence-corrected chi connectivity index (χ1v) is 4.04. The van der Waals surface area contributed by atoms with Gasteiger partial charge in [-0.05, 0) is 0 Å². The first-order chi connectivity index (χ1) is 5.99. The predicted molar refractivity (Wildman–Crippen MR) is 42.6 cm³/mol. The zero-order chi connectivity index (χ0) is 10.2. The van der Waals surface area contributed by atoms with Crippen LogP contribution < -0.4 is 5.73 Å². The van der Waals surface area contributed by atoms with Crippen molar-refractivity contribution < 1.29 is 25.5 Å². The van der Waals surface area contributed by atoms with E-state index in [4.69, 9.17) is 15.9 Å². The van der Waals surface area contributed by atoms with E-state index in [-0.39, 0.29) is 0 Å². The lowest BCUT2D eigenvalue weighted by molar-refractivity contribution is -0.134. The third kappa shape index (κ3) is 1.35. The average molecular weight is 193 g/mol. The van der Waals surface area contributed by atoms with Crippen molar-refractivity contribution in [2.24, 2.45) is 11.7 Å². The summed E-state index contributed by atoms with van der Waals surface area (Å²) in [6, 6.07) is -0.933. The van der Waals surface area contributed by atoms with Crippen LogP contribution in [0.1, 0.15) is 0 Å². The lowest BCUT2D eigenvalue weighted by Gasteiger charge is -2.30. The first-order valence-electron chi connectivity index (χ1n) is 4.04. The summed E-state index contributed by atoms with van der Waals surface area (Å²) in [6.07, 6.45) is -2.85. The molecule has 1 rings (SSSR count). The van der Waals surface area contributed by atoms with Gasteiger partial charge in [-0.2, -0.15) is 0 Å². The van der Waals surface area contributed by atoms with Crippen LogP contribution >= 0.6 is 0 Å². The molecule has 78 valence electrons. The van der Waals surface area contributed by atoms with E-state index >= 15 is 0 Å². The van der Waals surface area contributed by atoms with Gasteiger partial charge in [0.15, 0.2) is 0 Å². The minimum Gasteiger partial charge on any atom is -0.396 e. The smallest absolute Gasteiger partial charge is 0.123 e. The van der Waals surface area contributed by atoms with E-state index in [1.807, 2.05) is 0 Å². The summed E-state index contributed by atoms with van der Waals surface area (Å²) < 4.78 is 0. The second-order valence-corrected chi connectivity index (χ2v) is 3.45. The summed E-state index contributed by atoms with van der Waals surface area (Å²) >= 11 is 0. The van der Waals surface area contributed by atoms with Gasteiger partial charge in [0.25, 0.3) is 0 Å². The van der Waals surface area contributed by atoms with Crippen molar-refractivity contribution in [3.8, 4) is 0 Å². The van der Waals surface area contributed by atoms with Crippen molar-refractivity contribution in [2.75, 3.05) is 13.2 Å². The Labute approximate surface area is 75.2 Å². The topological polar surface area (TPSA) is 127 Å². The zero-order valence-electron chi connectivity index (χ0n) is 7.04. The monoisotopic (exact) mass is 193 g/mol. The maximum Gasteiger partial charge on any atom is 0.123 e. The molecule has 7 N–H and O–H groups in total. The Hall–Kier alpha value is -0.240. The number of aliphatic hydroxyl groups is 5. The Morgan fingerprint density at radius 3 is 2.08 bits per heavy atom. The highest BCUT2D eigenvalue weighted by Gasteiger charge is 2.57. The van der Waals surface area contributed by atoms with Crippen LogP contribution in [-0.2, 0) is 0 Å². The van der Waals surface area contributed by atoms with Gasteiger partial charge in [0.2, 0.25) is 0 Å². The molecule has 1 aliphatic rings. The third-order valence-electron chi connectivity index (χ3n) is 2.79. The number of hydrogen-bond donors (Lipinski definition) is 6. The minimum absolute atomic E-state index is 0.494. The normalized spacial score (nSPS) is 51.2. The van der Waals surface area contributed by atoms with Crippen LogP contribution in [0.15, 0.2) is 0 Å². The Morgan fingerprint density at radius 2 is 1.77 bits per heavy atom. The molecular formula is C7H15NO5. The van der Waals surface area contributed by atoms with Gasteiger partial charge in [-0.15, -0.1) is 0 Å². The summed E-state index contributed by atoms with van der Waals surface area (Å²) in [6.45, 7) is -1.24. The van der Waals surface area contributed by atoms with Crippen LogP contribution in [0.25, 0.3) is 0 Å². The highest BCUT2D eigenvalue weighted by atomic mass is 16.4. The second-order valence-electron chi connectivity index (χ2n) is 3.45. The third-order valence-corrected chi connectivity index (χ3v) is 2.79. The maximum absolute atomic E-state index is 9.67. The highest BCUT2D eigenvalue weighted by Crippen LogP contribution is 2.34.